The molecule has 0 amide bonds. The van der Waals surface area contributed by atoms with E-state index in [-0.39, 0.29) is 6.42 Å². The van der Waals surface area contributed by atoms with Crippen molar-refractivity contribution in [3.05, 3.63) is 101 Å². The molecule has 5 aromatic rings. The molecule has 0 N–H and O–H groups in total. The van der Waals surface area contributed by atoms with Crippen LogP contribution in [-0.4, -0.2) is 25.3 Å². The molecule has 3 aromatic heterocycles. The van der Waals surface area contributed by atoms with Crippen molar-refractivity contribution in [3.8, 4) is 32.3 Å². The lowest BCUT2D eigenvalue weighted by Gasteiger charge is -2.08. The van der Waals surface area contributed by atoms with Gasteiger partial charge in [0, 0.05) is 46.8 Å². The molecule has 5 nitrogen and oxygen atoms in total. The highest BCUT2D eigenvalue weighted by atomic mass is 35.5. The fraction of sp³-hybridized carbons (Fsp3) is 0.0769. The van der Waals surface area contributed by atoms with E-state index in [2.05, 4.69) is 15.0 Å². The van der Waals surface area contributed by atoms with E-state index in [1.54, 1.807) is 48.3 Å². The monoisotopic (exact) mass is 506 g/mol. The van der Waals surface area contributed by atoms with Gasteiger partial charge >= 0.3 is 0 Å². The van der Waals surface area contributed by atoms with Crippen molar-refractivity contribution < 1.29 is 13.6 Å². The van der Waals surface area contributed by atoms with Crippen molar-refractivity contribution in [2.75, 3.05) is 0 Å². The van der Waals surface area contributed by atoms with E-state index in [9.17, 15) is 13.6 Å². The van der Waals surface area contributed by atoms with Gasteiger partial charge in [-0.2, -0.15) is 0 Å². The summed E-state index contributed by atoms with van der Waals surface area (Å²) in [6.45, 7) is 0. The summed E-state index contributed by atoms with van der Waals surface area (Å²) in [5.74, 6) is -2.44. The van der Waals surface area contributed by atoms with Gasteiger partial charge in [0.1, 0.15) is 16.6 Å². The van der Waals surface area contributed by atoms with E-state index in [1.165, 1.54) is 6.07 Å². The summed E-state index contributed by atoms with van der Waals surface area (Å²) >= 11 is 8.02. The Hall–Kier alpha value is -3.75. The summed E-state index contributed by atoms with van der Waals surface area (Å²) in [4.78, 5) is 26.5. The van der Waals surface area contributed by atoms with Crippen LogP contribution in [0.4, 0.5) is 8.78 Å². The molecule has 0 radical (unpaired) electrons. The van der Waals surface area contributed by atoms with E-state index < -0.39 is 23.0 Å². The average molecular weight is 507 g/mol. The smallest absolute Gasteiger partial charge is 0.174 e. The van der Waals surface area contributed by atoms with Crippen LogP contribution >= 0.6 is 22.9 Å². The van der Waals surface area contributed by atoms with Gasteiger partial charge in [0.2, 0.25) is 0 Å². The molecule has 0 atom stereocenters. The van der Waals surface area contributed by atoms with Gasteiger partial charge in [-0.25, -0.2) is 18.7 Å². The minimum absolute atomic E-state index is 0.220. The quantitative estimate of drug-likeness (QED) is 0.242. The number of pyridine rings is 1. The van der Waals surface area contributed by atoms with Gasteiger partial charge in [-0.05, 0) is 30.3 Å². The topological polar surface area (TPSA) is 60.7 Å². The van der Waals surface area contributed by atoms with Crippen LogP contribution in [-0.2, 0) is 13.5 Å². The zero-order chi connectivity index (χ0) is 24.5. The van der Waals surface area contributed by atoms with Crippen molar-refractivity contribution in [1.82, 2.24) is 19.5 Å². The highest BCUT2D eigenvalue weighted by Crippen LogP contribution is 2.36. The Morgan fingerprint density at radius 3 is 2.46 bits per heavy atom. The summed E-state index contributed by atoms with van der Waals surface area (Å²) in [5.41, 5.74) is 3.22. The van der Waals surface area contributed by atoms with Gasteiger partial charge in [0.15, 0.2) is 5.78 Å². The maximum absolute atomic E-state index is 13.9. The molecule has 0 bridgehead atoms. The number of nitrogens with zero attached hydrogens (tertiary/aromatic N) is 4. The van der Waals surface area contributed by atoms with Crippen LogP contribution in [0, 0.1) is 11.6 Å². The molecule has 3 heterocycles. The van der Waals surface area contributed by atoms with Gasteiger partial charge in [0.05, 0.1) is 35.1 Å². The van der Waals surface area contributed by atoms with Crippen LogP contribution in [0.1, 0.15) is 16.1 Å². The predicted octanol–water partition coefficient (Wildman–Crippen LogP) is 6.63. The van der Waals surface area contributed by atoms with Gasteiger partial charge < -0.3 is 4.57 Å². The molecular weight excluding hydrogens is 490 g/mol. The molecule has 0 aliphatic heterocycles. The first kappa shape index (κ1) is 23.0. The van der Waals surface area contributed by atoms with E-state index in [0.29, 0.717) is 10.7 Å². The molecule has 5 rings (SSSR count). The van der Waals surface area contributed by atoms with Gasteiger partial charge in [-0.1, -0.05) is 29.8 Å². The van der Waals surface area contributed by atoms with E-state index in [1.807, 2.05) is 29.9 Å². The van der Waals surface area contributed by atoms with Crippen molar-refractivity contribution in [2.45, 2.75) is 6.42 Å². The number of Topliss-reactive ketones (excluding diaryl/α,β-unsaturated/α-hetero) is 1. The Labute approximate surface area is 208 Å². The number of aromatic nitrogens is 4. The number of aryl methyl sites for hydroxylation is 1. The average Bonchev–Trinajstić information content (AvgIpc) is 3.49. The molecule has 0 fully saturated rings. The molecule has 0 saturated carbocycles. The predicted molar refractivity (Wildman–Crippen MR) is 132 cm³/mol. The SMILES string of the molecule is Cn1cncc1-c1cnc(-c2ccc(Cl)c(-c3ccc(CC(=O)c4c(F)cccc4F)nc3)c2)s1. The second-order valence-electron chi connectivity index (χ2n) is 7.85. The Morgan fingerprint density at radius 1 is 1.00 bits per heavy atom. The zero-order valence-electron chi connectivity index (χ0n) is 18.4. The highest BCUT2D eigenvalue weighted by Gasteiger charge is 2.18. The molecule has 0 aliphatic carbocycles. The second kappa shape index (κ2) is 9.48. The van der Waals surface area contributed by atoms with Crippen LogP contribution in [0.15, 0.2) is 73.4 Å². The Morgan fingerprint density at radius 2 is 1.77 bits per heavy atom. The molecule has 174 valence electrons. The lowest BCUT2D eigenvalue weighted by atomic mass is 10.0. The minimum atomic E-state index is -0.885. The molecule has 0 unspecified atom stereocenters. The summed E-state index contributed by atoms with van der Waals surface area (Å²) in [5, 5.41) is 1.37. The fourth-order valence-electron chi connectivity index (χ4n) is 3.71. The van der Waals surface area contributed by atoms with Crippen LogP contribution in [0.25, 0.3) is 32.3 Å². The number of hydrogen-bond donors (Lipinski definition) is 0. The third kappa shape index (κ3) is 4.62. The molecular formula is C26H17ClF2N4OS. The second-order valence-corrected chi connectivity index (χ2v) is 9.29. The number of thiazole rings is 1. The summed E-state index contributed by atoms with van der Waals surface area (Å²) in [6, 6.07) is 12.4. The number of ketones is 1. The summed E-state index contributed by atoms with van der Waals surface area (Å²) < 4.78 is 29.7. The number of halogens is 3. The van der Waals surface area contributed by atoms with Gasteiger partial charge in [-0.15, -0.1) is 11.3 Å². The third-order valence-electron chi connectivity index (χ3n) is 5.51. The standard InChI is InChI=1S/C26H17ClF2N4OS/c1-33-14-30-12-22(33)24-13-32-26(35-24)15-6-8-19(27)18(9-15)16-5-7-17(31-11-16)10-23(34)25-20(28)3-2-4-21(25)29/h2-9,11-14H,10H2,1H3. The fourth-order valence-corrected chi connectivity index (χ4v) is 4.90. The number of benzene rings is 2. The van der Waals surface area contributed by atoms with E-state index in [4.69, 9.17) is 11.6 Å². The third-order valence-corrected chi connectivity index (χ3v) is 6.91. The molecule has 9 heteroatoms. The van der Waals surface area contributed by atoms with E-state index in [0.717, 1.165) is 44.4 Å². The van der Waals surface area contributed by atoms with Crippen LogP contribution < -0.4 is 0 Å². The highest BCUT2D eigenvalue weighted by molar-refractivity contribution is 7.18. The van der Waals surface area contributed by atoms with Crippen LogP contribution in [0.5, 0.6) is 0 Å². The number of rotatable bonds is 6. The Bertz CT molecular complexity index is 1530. The van der Waals surface area contributed by atoms with Gasteiger partial charge in [0.25, 0.3) is 0 Å². The van der Waals surface area contributed by atoms with Gasteiger partial charge in [-0.3, -0.25) is 9.78 Å². The normalized spacial score (nSPS) is 11.1. The first-order valence-electron chi connectivity index (χ1n) is 10.6. The molecule has 2 aromatic carbocycles. The van der Waals surface area contributed by atoms with Crippen LogP contribution in [0.3, 0.4) is 0 Å². The van der Waals surface area contributed by atoms with Crippen molar-refractivity contribution >= 4 is 28.7 Å². The summed E-state index contributed by atoms with van der Waals surface area (Å²) in [7, 11) is 1.93. The Balaban J connectivity index is 1.39. The Kier molecular flexibility index (Phi) is 6.23. The number of carbonyl (C=O) groups is 1. The van der Waals surface area contributed by atoms with Crippen molar-refractivity contribution in [3.63, 3.8) is 0 Å². The first-order chi connectivity index (χ1) is 16.9. The van der Waals surface area contributed by atoms with Crippen molar-refractivity contribution in [1.29, 1.82) is 0 Å². The largest absolute Gasteiger partial charge is 0.333 e. The maximum Gasteiger partial charge on any atom is 0.174 e. The van der Waals surface area contributed by atoms with Crippen LogP contribution in [0.2, 0.25) is 5.02 Å². The lowest BCUT2D eigenvalue weighted by Crippen LogP contribution is -2.10. The van der Waals surface area contributed by atoms with E-state index >= 15 is 0 Å². The molecule has 0 aliphatic rings. The molecule has 0 spiro atoms. The summed E-state index contributed by atoms with van der Waals surface area (Å²) in [6.07, 6.45) is 6.72. The zero-order valence-corrected chi connectivity index (χ0v) is 19.9. The lowest BCUT2D eigenvalue weighted by molar-refractivity contribution is 0.0984. The number of hydrogen-bond acceptors (Lipinski definition) is 5. The first-order valence-corrected chi connectivity index (χ1v) is 11.7. The maximum atomic E-state index is 13.9. The number of carbonyl (C=O) groups excluding carboxylic acids is 1. The molecule has 35 heavy (non-hydrogen) atoms. The minimum Gasteiger partial charge on any atom is -0.333 e. The van der Waals surface area contributed by atoms with Crippen molar-refractivity contribution in [2.24, 2.45) is 7.05 Å². The molecule has 0 saturated heterocycles. The number of imidazole rings is 1.